The van der Waals surface area contributed by atoms with Crippen LogP contribution in [-0.2, 0) is 10.0 Å². The Labute approximate surface area is 175 Å². The number of hydrogen-bond donors (Lipinski definition) is 2. The SMILES string of the molecule is COc1nccnc1NS(=O)(=O)c1ccc(NC(=O)c2nc3ccccc3s2)cc1. The molecule has 2 heterocycles. The molecule has 9 nitrogen and oxygen atoms in total. The van der Waals surface area contributed by atoms with Gasteiger partial charge in [-0.25, -0.2) is 23.4 Å². The highest BCUT2D eigenvalue weighted by Gasteiger charge is 2.18. The Morgan fingerprint density at radius 2 is 1.77 bits per heavy atom. The van der Waals surface area contributed by atoms with Crippen LogP contribution in [0.1, 0.15) is 9.80 Å². The van der Waals surface area contributed by atoms with Gasteiger partial charge in [0.1, 0.15) is 0 Å². The summed E-state index contributed by atoms with van der Waals surface area (Å²) >= 11 is 1.28. The van der Waals surface area contributed by atoms with Crippen LogP contribution in [-0.4, -0.2) is 36.4 Å². The summed E-state index contributed by atoms with van der Waals surface area (Å²) in [6.07, 6.45) is 2.74. The van der Waals surface area contributed by atoms with Crippen LogP contribution in [0, 0.1) is 0 Å². The topological polar surface area (TPSA) is 123 Å². The lowest BCUT2D eigenvalue weighted by Crippen LogP contribution is -2.15. The Balaban J connectivity index is 1.50. The van der Waals surface area contributed by atoms with E-state index in [1.54, 1.807) is 0 Å². The number of thiazole rings is 1. The molecule has 0 saturated carbocycles. The highest BCUT2D eigenvalue weighted by molar-refractivity contribution is 7.92. The largest absolute Gasteiger partial charge is 0.478 e. The zero-order chi connectivity index (χ0) is 21.1. The molecule has 0 spiro atoms. The monoisotopic (exact) mass is 441 g/mol. The standard InChI is InChI=1S/C19H15N5O4S2/c1-28-18-16(20-10-11-21-18)24-30(26,27)13-8-6-12(7-9-13)22-17(25)19-23-14-4-2-3-5-15(14)29-19/h2-11H,1H3,(H,20,24)(H,22,25). The van der Waals surface area contributed by atoms with Gasteiger partial charge in [0.2, 0.25) is 5.82 Å². The Hall–Kier alpha value is -3.57. The molecule has 2 aromatic heterocycles. The summed E-state index contributed by atoms with van der Waals surface area (Å²) in [6.45, 7) is 0. The van der Waals surface area contributed by atoms with Crippen molar-refractivity contribution in [2.24, 2.45) is 0 Å². The van der Waals surface area contributed by atoms with Gasteiger partial charge in [-0.3, -0.25) is 9.52 Å². The van der Waals surface area contributed by atoms with Crippen LogP contribution in [0.2, 0.25) is 0 Å². The minimum Gasteiger partial charge on any atom is -0.478 e. The zero-order valence-electron chi connectivity index (χ0n) is 15.6. The number of ether oxygens (including phenoxy) is 1. The number of hydrogen-bond acceptors (Lipinski definition) is 8. The van der Waals surface area contributed by atoms with Gasteiger partial charge in [-0.05, 0) is 36.4 Å². The number of para-hydroxylation sites is 1. The summed E-state index contributed by atoms with van der Waals surface area (Å²) < 4.78 is 33.4. The molecule has 0 aliphatic heterocycles. The van der Waals surface area contributed by atoms with E-state index < -0.39 is 10.0 Å². The number of carbonyl (C=O) groups is 1. The van der Waals surface area contributed by atoms with Crippen molar-refractivity contribution in [2.75, 3.05) is 17.1 Å². The van der Waals surface area contributed by atoms with Crippen molar-refractivity contribution in [2.45, 2.75) is 4.90 Å². The lowest BCUT2D eigenvalue weighted by Gasteiger charge is -2.10. The second-order valence-corrected chi connectivity index (χ2v) is 8.70. The lowest BCUT2D eigenvalue weighted by molar-refractivity contribution is 0.102. The maximum atomic E-state index is 12.6. The fraction of sp³-hybridized carbons (Fsp3) is 0.0526. The van der Waals surface area contributed by atoms with Gasteiger partial charge >= 0.3 is 0 Å². The van der Waals surface area contributed by atoms with Gasteiger partial charge in [0.15, 0.2) is 5.01 Å². The molecule has 4 rings (SSSR count). The minimum absolute atomic E-state index is 0.00630. The van der Waals surface area contributed by atoms with Crippen LogP contribution in [0.4, 0.5) is 11.5 Å². The fourth-order valence-corrected chi connectivity index (χ4v) is 4.47. The number of amides is 1. The van der Waals surface area contributed by atoms with E-state index >= 15 is 0 Å². The molecule has 0 bridgehead atoms. The number of methoxy groups -OCH3 is 1. The number of anilines is 2. The third kappa shape index (κ3) is 4.07. The Kier molecular flexibility index (Phi) is 5.29. The molecule has 152 valence electrons. The highest BCUT2D eigenvalue weighted by Crippen LogP contribution is 2.24. The van der Waals surface area contributed by atoms with Crippen molar-refractivity contribution in [3.8, 4) is 5.88 Å². The van der Waals surface area contributed by atoms with E-state index in [0.717, 1.165) is 10.2 Å². The average Bonchev–Trinajstić information content (AvgIpc) is 3.19. The van der Waals surface area contributed by atoms with Gasteiger partial charge < -0.3 is 10.1 Å². The molecule has 11 heteroatoms. The van der Waals surface area contributed by atoms with Crippen LogP contribution >= 0.6 is 11.3 Å². The van der Waals surface area contributed by atoms with E-state index in [0.29, 0.717) is 10.7 Å². The van der Waals surface area contributed by atoms with Gasteiger partial charge in [0.05, 0.1) is 22.2 Å². The second kappa shape index (κ2) is 8.05. The molecule has 0 aliphatic carbocycles. The average molecular weight is 441 g/mol. The van der Waals surface area contributed by atoms with Crippen molar-refractivity contribution < 1.29 is 17.9 Å². The molecule has 2 aromatic carbocycles. The number of carbonyl (C=O) groups excluding carboxylic acids is 1. The molecule has 0 radical (unpaired) electrons. The third-order valence-corrected chi connectivity index (χ3v) is 6.39. The third-order valence-electron chi connectivity index (χ3n) is 4.00. The Bertz CT molecular complexity index is 1290. The van der Waals surface area contributed by atoms with E-state index in [4.69, 9.17) is 4.74 Å². The Morgan fingerprint density at radius 3 is 2.50 bits per heavy atom. The van der Waals surface area contributed by atoms with Crippen LogP contribution in [0.25, 0.3) is 10.2 Å². The molecule has 30 heavy (non-hydrogen) atoms. The number of nitrogens with zero attached hydrogens (tertiary/aromatic N) is 3. The molecule has 4 aromatic rings. The lowest BCUT2D eigenvalue weighted by atomic mass is 10.3. The van der Waals surface area contributed by atoms with Crippen LogP contribution in [0.15, 0.2) is 65.8 Å². The number of fused-ring (bicyclic) bond motifs is 1. The molecule has 0 aliphatic rings. The number of aromatic nitrogens is 3. The minimum atomic E-state index is -3.92. The Morgan fingerprint density at radius 1 is 1.03 bits per heavy atom. The second-order valence-electron chi connectivity index (χ2n) is 5.98. The molecular formula is C19H15N5O4S2. The predicted molar refractivity (Wildman–Crippen MR) is 113 cm³/mol. The van der Waals surface area contributed by atoms with Crippen LogP contribution in [0.3, 0.4) is 0 Å². The summed E-state index contributed by atoms with van der Waals surface area (Å²) in [5.74, 6) is -0.330. The van der Waals surface area contributed by atoms with Crippen LogP contribution < -0.4 is 14.8 Å². The molecule has 1 amide bonds. The maximum Gasteiger partial charge on any atom is 0.284 e. The van der Waals surface area contributed by atoms with Gasteiger partial charge in [-0.1, -0.05) is 12.1 Å². The molecule has 0 unspecified atom stereocenters. The van der Waals surface area contributed by atoms with E-state index in [2.05, 4.69) is 25.0 Å². The molecular weight excluding hydrogens is 426 g/mol. The summed E-state index contributed by atoms with van der Waals surface area (Å²) in [4.78, 5) is 24.6. The summed E-state index contributed by atoms with van der Waals surface area (Å²) in [5.41, 5.74) is 1.19. The fourth-order valence-electron chi connectivity index (χ4n) is 2.60. The van der Waals surface area contributed by atoms with Crippen molar-refractivity contribution in [3.05, 3.63) is 65.9 Å². The first-order chi connectivity index (χ1) is 14.5. The summed E-state index contributed by atoms with van der Waals surface area (Å²) in [5, 5.41) is 3.04. The van der Waals surface area contributed by atoms with E-state index in [9.17, 15) is 13.2 Å². The first kappa shape index (κ1) is 19.7. The van der Waals surface area contributed by atoms with Crippen LogP contribution in [0.5, 0.6) is 5.88 Å². The van der Waals surface area contributed by atoms with Crippen molar-refractivity contribution in [1.29, 1.82) is 0 Å². The normalized spacial score (nSPS) is 11.2. The van der Waals surface area contributed by atoms with Gasteiger partial charge in [0, 0.05) is 18.1 Å². The first-order valence-corrected chi connectivity index (χ1v) is 10.9. The number of benzene rings is 2. The summed E-state index contributed by atoms with van der Waals surface area (Å²) in [7, 11) is -2.55. The molecule has 0 atom stereocenters. The number of nitrogens with one attached hydrogen (secondary N) is 2. The quantitative estimate of drug-likeness (QED) is 0.471. The zero-order valence-corrected chi connectivity index (χ0v) is 17.2. The smallest absolute Gasteiger partial charge is 0.284 e. The number of rotatable bonds is 6. The van der Waals surface area contributed by atoms with Crippen molar-refractivity contribution in [3.63, 3.8) is 0 Å². The first-order valence-electron chi connectivity index (χ1n) is 8.61. The molecule has 2 N–H and O–H groups in total. The molecule has 0 fully saturated rings. The van der Waals surface area contributed by atoms with Gasteiger partial charge in [-0.15, -0.1) is 11.3 Å². The van der Waals surface area contributed by atoms with Gasteiger partial charge in [-0.2, -0.15) is 0 Å². The summed E-state index contributed by atoms with van der Waals surface area (Å²) in [6, 6.07) is 13.2. The predicted octanol–water partition coefficient (Wildman–Crippen LogP) is 3.15. The van der Waals surface area contributed by atoms with Crippen molar-refractivity contribution >= 4 is 49.0 Å². The van der Waals surface area contributed by atoms with E-state index in [-0.39, 0.29) is 22.5 Å². The van der Waals surface area contributed by atoms with E-state index in [1.807, 2.05) is 24.3 Å². The van der Waals surface area contributed by atoms with E-state index in [1.165, 1.54) is 55.1 Å². The maximum absolute atomic E-state index is 12.6. The molecule has 0 saturated heterocycles. The van der Waals surface area contributed by atoms with Gasteiger partial charge in [0.25, 0.3) is 21.8 Å². The van der Waals surface area contributed by atoms with Crippen molar-refractivity contribution in [1.82, 2.24) is 15.0 Å². The number of sulfonamides is 1. The highest BCUT2D eigenvalue weighted by atomic mass is 32.2.